The lowest BCUT2D eigenvalue weighted by Crippen LogP contribution is -2.33. The first-order valence-electron chi connectivity index (χ1n) is 6.65. The van der Waals surface area contributed by atoms with Crippen molar-refractivity contribution in [1.82, 2.24) is 5.32 Å². The first kappa shape index (κ1) is 13.5. The Kier molecular flexibility index (Phi) is 3.27. The maximum absolute atomic E-state index is 12.2. The normalized spacial score (nSPS) is 20.0. The predicted molar refractivity (Wildman–Crippen MR) is 76.1 cm³/mol. The van der Waals surface area contributed by atoms with Crippen LogP contribution < -0.4 is 5.32 Å². The molecule has 21 heavy (non-hydrogen) atoms. The largest absolute Gasteiger partial charge is 0.504 e. The molecule has 5 nitrogen and oxygen atoms in total. The van der Waals surface area contributed by atoms with Crippen LogP contribution in [0.3, 0.4) is 0 Å². The summed E-state index contributed by atoms with van der Waals surface area (Å²) in [6.45, 7) is 0. The van der Waals surface area contributed by atoms with Crippen molar-refractivity contribution in [3.8, 4) is 11.5 Å². The minimum absolute atomic E-state index is 0.0217. The average molecular weight is 285 g/mol. The summed E-state index contributed by atoms with van der Waals surface area (Å²) in [5.41, 5.74) is 1.85. The van der Waals surface area contributed by atoms with E-state index in [1.807, 2.05) is 24.3 Å². The van der Waals surface area contributed by atoms with Gasteiger partial charge in [-0.15, -0.1) is 0 Å². The summed E-state index contributed by atoms with van der Waals surface area (Å²) >= 11 is 0. The highest BCUT2D eigenvalue weighted by Crippen LogP contribution is 2.33. The number of phenols is 2. The van der Waals surface area contributed by atoms with Crippen molar-refractivity contribution in [3.05, 3.63) is 59.2 Å². The van der Waals surface area contributed by atoms with E-state index in [0.29, 0.717) is 6.42 Å². The van der Waals surface area contributed by atoms with Crippen molar-refractivity contribution in [1.29, 1.82) is 0 Å². The van der Waals surface area contributed by atoms with Crippen LogP contribution in [0.5, 0.6) is 11.5 Å². The Morgan fingerprint density at radius 2 is 1.86 bits per heavy atom. The summed E-state index contributed by atoms with van der Waals surface area (Å²) in [7, 11) is 0. The van der Waals surface area contributed by atoms with Gasteiger partial charge in [0.25, 0.3) is 5.91 Å². The van der Waals surface area contributed by atoms with Crippen molar-refractivity contribution >= 4 is 5.91 Å². The summed E-state index contributed by atoms with van der Waals surface area (Å²) in [5.74, 6) is -1.35. The Hall–Kier alpha value is -2.53. The zero-order valence-electron chi connectivity index (χ0n) is 11.2. The molecule has 0 fully saturated rings. The number of fused-ring (bicyclic) bond motifs is 1. The molecular weight excluding hydrogens is 270 g/mol. The van der Waals surface area contributed by atoms with E-state index in [9.17, 15) is 20.1 Å². The Balaban J connectivity index is 1.87. The van der Waals surface area contributed by atoms with E-state index in [-0.39, 0.29) is 11.3 Å². The molecule has 3 rings (SSSR count). The molecule has 0 saturated heterocycles. The topological polar surface area (TPSA) is 89.8 Å². The van der Waals surface area contributed by atoms with E-state index in [1.54, 1.807) is 0 Å². The van der Waals surface area contributed by atoms with Crippen LogP contribution in [0.2, 0.25) is 0 Å². The van der Waals surface area contributed by atoms with Gasteiger partial charge in [0.1, 0.15) is 0 Å². The molecular formula is C16H15NO4. The molecule has 0 aromatic heterocycles. The molecule has 4 N–H and O–H groups in total. The molecule has 2 aromatic rings. The molecule has 0 radical (unpaired) electrons. The number of hydrogen-bond acceptors (Lipinski definition) is 4. The molecule has 0 aliphatic heterocycles. The molecule has 0 heterocycles. The summed E-state index contributed by atoms with van der Waals surface area (Å²) in [5, 5.41) is 32.0. The predicted octanol–water partition coefficient (Wildman–Crippen LogP) is 1.49. The van der Waals surface area contributed by atoms with E-state index in [4.69, 9.17) is 0 Å². The van der Waals surface area contributed by atoms with E-state index in [0.717, 1.165) is 11.1 Å². The van der Waals surface area contributed by atoms with Crippen LogP contribution in [0.15, 0.2) is 42.5 Å². The van der Waals surface area contributed by atoms with Gasteiger partial charge in [0.05, 0.1) is 17.7 Å². The van der Waals surface area contributed by atoms with Gasteiger partial charge in [-0.05, 0) is 23.3 Å². The van der Waals surface area contributed by atoms with Crippen molar-refractivity contribution in [2.24, 2.45) is 0 Å². The molecule has 0 unspecified atom stereocenters. The number of aliphatic hydroxyl groups excluding tert-OH is 1. The smallest absolute Gasteiger partial charge is 0.255 e. The summed E-state index contributed by atoms with van der Waals surface area (Å²) in [4.78, 5) is 12.2. The Labute approximate surface area is 121 Å². The number of aliphatic hydroxyl groups is 1. The Morgan fingerprint density at radius 3 is 2.67 bits per heavy atom. The minimum Gasteiger partial charge on any atom is -0.504 e. The van der Waals surface area contributed by atoms with Crippen molar-refractivity contribution in [2.75, 3.05) is 0 Å². The summed E-state index contributed by atoms with van der Waals surface area (Å²) in [6.07, 6.45) is -0.224. The van der Waals surface area contributed by atoms with Crippen LogP contribution in [-0.2, 0) is 6.42 Å². The lowest BCUT2D eigenvalue weighted by molar-refractivity contribution is 0.0855. The van der Waals surface area contributed by atoms with E-state index < -0.39 is 23.8 Å². The second-order valence-corrected chi connectivity index (χ2v) is 5.09. The maximum Gasteiger partial charge on any atom is 0.255 e. The lowest BCUT2D eigenvalue weighted by Gasteiger charge is -2.18. The zero-order valence-corrected chi connectivity index (χ0v) is 11.2. The number of carbonyl (C=O) groups excluding carboxylic acids is 1. The molecule has 1 amide bonds. The first-order chi connectivity index (χ1) is 10.1. The first-order valence-corrected chi connectivity index (χ1v) is 6.65. The van der Waals surface area contributed by atoms with Crippen LogP contribution >= 0.6 is 0 Å². The highest BCUT2D eigenvalue weighted by Gasteiger charge is 2.32. The van der Waals surface area contributed by atoms with Crippen LogP contribution in [0, 0.1) is 0 Å². The molecule has 0 spiro atoms. The molecule has 0 bridgehead atoms. The number of phenolic OH excluding ortho intramolecular Hbond substituents is 2. The average Bonchev–Trinajstić information content (AvgIpc) is 2.78. The van der Waals surface area contributed by atoms with Gasteiger partial charge >= 0.3 is 0 Å². The van der Waals surface area contributed by atoms with E-state index in [1.165, 1.54) is 18.2 Å². The molecule has 2 atom stereocenters. The fraction of sp³-hybridized carbons (Fsp3) is 0.188. The third kappa shape index (κ3) is 2.32. The number of benzene rings is 2. The van der Waals surface area contributed by atoms with Gasteiger partial charge in [-0.2, -0.15) is 0 Å². The van der Waals surface area contributed by atoms with E-state index in [2.05, 4.69) is 5.32 Å². The fourth-order valence-electron chi connectivity index (χ4n) is 2.68. The second-order valence-electron chi connectivity index (χ2n) is 5.09. The number of aromatic hydroxyl groups is 2. The van der Waals surface area contributed by atoms with Crippen molar-refractivity contribution in [3.63, 3.8) is 0 Å². The summed E-state index contributed by atoms with van der Waals surface area (Å²) < 4.78 is 0. The zero-order chi connectivity index (χ0) is 15.0. The van der Waals surface area contributed by atoms with Gasteiger partial charge in [-0.3, -0.25) is 4.79 Å². The summed E-state index contributed by atoms with van der Waals surface area (Å²) in [6, 6.07) is 11.2. The number of nitrogens with one attached hydrogen (secondary N) is 1. The molecule has 1 aliphatic rings. The van der Waals surface area contributed by atoms with Crippen molar-refractivity contribution in [2.45, 2.75) is 18.6 Å². The molecule has 108 valence electrons. The van der Waals surface area contributed by atoms with Crippen LogP contribution in [0.25, 0.3) is 0 Å². The highest BCUT2D eigenvalue weighted by molar-refractivity contribution is 5.97. The lowest BCUT2D eigenvalue weighted by atomic mass is 10.1. The van der Waals surface area contributed by atoms with Crippen LogP contribution in [-0.4, -0.2) is 27.3 Å². The van der Waals surface area contributed by atoms with Crippen LogP contribution in [0.4, 0.5) is 0 Å². The number of amides is 1. The number of para-hydroxylation sites is 1. The van der Waals surface area contributed by atoms with Gasteiger partial charge in [0.15, 0.2) is 11.5 Å². The van der Waals surface area contributed by atoms with E-state index >= 15 is 0 Å². The third-order valence-corrected chi connectivity index (χ3v) is 3.75. The SMILES string of the molecule is O=C(N[C@@H]1c2ccccc2C[C@@H]1O)c1cccc(O)c1O. The Morgan fingerprint density at radius 1 is 1.10 bits per heavy atom. The van der Waals surface area contributed by atoms with Crippen molar-refractivity contribution < 1.29 is 20.1 Å². The third-order valence-electron chi connectivity index (χ3n) is 3.75. The monoisotopic (exact) mass is 285 g/mol. The number of rotatable bonds is 2. The number of hydrogen-bond donors (Lipinski definition) is 4. The fourth-order valence-corrected chi connectivity index (χ4v) is 2.68. The van der Waals surface area contributed by atoms with Gasteiger partial charge in [-0.25, -0.2) is 0 Å². The quantitative estimate of drug-likeness (QED) is 0.629. The molecule has 2 aromatic carbocycles. The van der Waals surface area contributed by atoms with Crippen LogP contribution in [0.1, 0.15) is 27.5 Å². The standard InChI is InChI=1S/C16H15NO4/c18-12-7-3-6-11(15(12)20)16(21)17-14-10-5-2-1-4-9(10)8-13(14)19/h1-7,13-14,18-20H,8H2,(H,17,21)/t13-,14+/m0/s1. The maximum atomic E-state index is 12.2. The van der Waals surface area contributed by atoms with Gasteiger partial charge in [-0.1, -0.05) is 30.3 Å². The number of carbonyl (C=O) groups is 1. The minimum atomic E-state index is -0.703. The second kappa shape index (κ2) is 5.10. The highest BCUT2D eigenvalue weighted by atomic mass is 16.3. The molecule has 0 saturated carbocycles. The van der Waals surface area contributed by atoms with Gasteiger partial charge in [0.2, 0.25) is 0 Å². The van der Waals surface area contributed by atoms with Gasteiger partial charge < -0.3 is 20.6 Å². The molecule has 1 aliphatic carbocycles. The Bertz CT molecular complexity index is 698. The van der Waals surface area contributed by atoms with Gasteiger partial charge in [0, 0.05) is 6.42 Å². The molecule has 5 heteroatoms.